The molecule has 2 heterocycles. The molecule has 0 unspecified atom stereocenters. The minimum atomic E-state index is -0.865. The van der Waals surface area contributed by atoms with Crippen molar-refractivity contribution in [3.05, 3.63) is 93.5 Å². The van der Waals surface area contributed by atoms with E-state index < -0.39 is 17.7 Å². The SMILES string of the molecule is COc1ccc(/C(O)=C2\C(=O)C(=O)N(c3nc4c(C)cc(C)cc4s3)[C@@H]2c2ccc(Cl)cc2)cc1. The number of hydrogen-bond acceptors (Lipinski definition) is 6. The lowest BCUT2D eigenvalue weighted by Gasteiger charge is -2.23. The van der Waals surface area contributed by atoms with Gasteiger partial charge in [0.15, 0.2) is 5.13 Å². The molecule has 1 fully saturated rings. The van der Waals surface area contributed by atoms with Crippen molar-refractivity contribution in [2.24, 2.45) is 0 Å². The number of thiazole rings is 1. The van der Waals surface area contributed by atoms with E-state index in [0.717, 1.165) is 21.3 Å². The molecular weight excluding hydrogens is 484 g/mol. The Morgan fingerprint density at radius 1 is 1.06 bits per heavy atom. The number of aliphatic hydroxyl groups excluding tert-OH is 1. The molecule has 3 aromatic carbocycles. The smallest absolute Gasteiger partial charge is 0.301 e. The number of hydrogen-bond donors (Lipinski definition) is 1. The third-order valence-electron chi connectivity index (χ3n) is 6.02. The molecular formula is C27H21ClN2O4S. The predicted molar refractivity (Wildman–Crippen MR) is 138 cm³/mol. The Kier molecular flexibility index (Phi) is 5.83. The summed E-state index contributed by atoms with van der Waals surface area (Å²) in [5.41, 5.74) is 3.88. The second kappa shape index (κ2) is 8.83. The summed E-state index contributed by atoms with van der Waals surface area (Å²) in [6, 6.07) is 16.7. The van der Waals surface area contributed by atoms with Gasteiger partial charge in [0.25, 0.3) is 5.78 Å². The lowest BCUT2D eigenvalue weighted by Crippen LogP contribution is -2.29. The van der Waals surface area contributed by atoms with Gasteiger partial charge >= 0.3 is 5.91 Å². The molecule has 35 heavy (non-hydrogen) atoms. The molecule has 0 spiro atoms. The molecule has 1 N–H and O–H groups in total. The number of anilines is 1. The van der Waals surface area contributed by atoms with Crippen molar-refractivity contribution < 1.29 is 19.4 Å². The molecule has 6 nitrogen and oxygen atoms in total. The van der Waals surface area contributed by atoms with Crippen LogP contribution >= 0.6 is 22.9 Å². The maximum Gasteiger partial charge on any atom is 0.301 e. The Balaban J connectivity index is 1.72. The fraction of sp³-hybridized carbons (Fsp3) is 0.148. The monoisotopic (exact) mass is 504 g/mol. The van der Waals surface area contributed by atoms with Crippen LogP contribution in [-0.2, 0) is 9.59 Å². The van der Waals surface area contributed by atoms with Crippen LogP contribution < -0.4 is 9.64 Å². The second-order valence-corrected chi connectivity index (χ2v) is 9.82. The minimum absolute atomic E-state index is 0.00496. The fourth-order valence-electron chi connectivity index (χ4n) is 4.36. The number of ether oxygens (including phenoxy) is 1. The molecule has 0 radical (unpaired) electrons. The number of carbonyl (C=O) groups excluding carboxylic acids is 2. The number of aliphatic hydroxyl groups is 1. The first-order chi connectivity index (χ1) is 16.8. The van der Waals surface area contributed by atoms with Crippen molar-refractivity contribution >= 4 is 55.7 Å². The van der Waals surface area contributed by atoms with Gasteiger partial charge in [-0.1, -0.05) is 41.1 Å². The van der Waals surface area contributed by atoms with Crippen LogP contribution in [0.1, 0.15) is 28.3 Å². The molecule has 1 saturated heterocycles. The highest BCUT2D eigenvalue weighted by molar-refractivity contribution is 7.22. The summed E-state index contributed by atoms with van der Waals surface area (Å²) in [5, 5.41) is 12.2. The van der Waals surface area contributed by atoms with Crippen LogP contribution in [0.4, 0.5) is 5.13 Å². The van der Waals surface area contributed by atoms with Gasteiger partial charge in [-0.25, -0.2) is 4.98 Å². The third-order valence-corrected chi connectivity index (χ3v) is 7.27. The van der Waals surface area contributed by atoms with Gasteiger partial charge in [0.1, 0.15) is 11.5 Å². The van der Waals surface area contributed by atoms with E-state index in [2.05, 4.69) is 0 Å². The van der Waals surface area contributed by atoms with Gasteiger partial charge < -0.3 is 9.84 Å². The molecule has 4 aromatic rings. The number of carbonyl (C=O) groups is 2. The topological polar surface area (TPSA) is 79.7 Å². The first-order valence-corrected chi connectivity index (χ1v) is 12.1. The van der Waals surface area contributed by atoms with Crippen molar-refractivity contribution in [3.63, 3.8) is 0 Å². The molecule has 0 aliphatic carbocycles. The van der Waals surface area contributed by atoms with Crippen molar-refractivity contribution in [1.82, 2.24) is 4.98 Å². The number of benzene rings is 3. The predicted octanol–water partition coefficient (Wildman–Crippen LogP) is 6.20. The maximum atomic E-state index is 13.4. The molecule has 1 amide bonds. The van der Waals surface area contributed by atoms with Crippen LogP contribution in [-0.4, -0.2) is 28.9 Å². The van der Waals surface area contributed by atoms with Gasteiger partial charge in [0, 0.05) is 10.6 Å². The summed E-state index contributed by atoms with van der Waals surface area (Å²) in [4.78, 5) is 32.8. The average molecular weight is 505 g/mol. The quantitative estimate of drug-likeness (QED) is 0.203. The van der Waals surface area contributed by atoms with Crippen molar-refractivity contribution in [3.8, 4) is 5.75 Å². The number of nitrogens with zero attached hydrogens (tertiary/aromatic N) is 2. The summed E-state index contributed by atoms with van der Waals surface area (Å²) in [6.45, 7) is 3.97. The number of halogens is 1. The first kappa shape index (κ1) is 23.1. The van der Waals surface area contributed by atoms with Crippen LogP contribution in [0.2, 0.25) is 5.02 Å². The standard InChI is InChI=1S/C27H21ClN2O4S/c1-14-12-15(2)22-20(13-14)35-27(29-22)30-23(16-4-8-18(28)9-5-16)21(25(32)26(30)33)24(31)17-6-10-19(34-3)11-7-17/h4-13,23,31H,1-3H3/b24-21+/t23-/m1/s1. The zero-order chi connectivity index (χ0) is 24.9. The molecule has 1 aliphatic rings. The number of aromatic nitrogens is 1. The molecule has 1 atom stereocenters. The Bertz CT molecular complexity index is 1510. The second-order valence-electron chi connectivity index (χ2n) is 8.37. The summed E-state index contributed by atoms with van der Waals surface area (Å²) in [5.74, 6) is -1.17. The van der Waals surface area contributed by atoms with Crippen molar-refractivity contribution in [1.29, 1.82) is 0 Å². The van der Waals surface area contributed by atoms with Gasteiger partial charge in [-0.2, -0.15) is 0 Å². The van der Waals surface area contributed by atoms with Crippen LogP contribution in [0.25, 0.3) is 16.0 Å². The summed E-state index contributed by atoms with van der Waals surface area (Å²) >= 11 is 7.45. The van der Waals surface area contributed by atoms with E-state index >= 15 is 0 Å². The molecule has 8 heteroatoms. The number of methoxy groups -OCH3 is 1. The van der Waals surface area contributed by atoms with E-state index in [-0.39, 0.29) is 11.3 Å². The maximum absolute atomic E-state index is 13.4. The van der Waals surface area contributed by atoms with Crippen LogP contribution in [0.15, 0.2) is 66.2 Å². The molecule has 1 aromatic heterocycles. The van der Waals surface area contributed by atoms with E-state index in [1.165, 1.54) is 16.2 Å². The van der Waals surface area contributed by atoms with Crippen molar-refractivity contribution in [2.75, 3.05) is 12.0 Å². The molecule has 1 aliphatic heterocycles. The van der Waals surface area contributed by atoms with E-state index in [9.17, 15) is 14.7 Å². The third kappa shape index (κ3) is 3.96. The van der Waals surface area contributed by atoms with Gasteiger partial charge in [0.05, 0.1) is 28.9 Å². The van der Waals surface area contributed by atoms with Crippen LogP contribution in [0.5, 0.6) is 5.75 Å². The lowest BCUT2D eigenvalue weighted by atomic mass is 9.95. The Morgan fingerprint density at radius 3 is 2.40 bits per heavy atom. The zero-order valence-electron chi connectivity index (χ0n) is 19.2. The number of fused-ring (bicyclic) bond motifs is 1. The number of rotatable bonds is 4. The molecule has 0 saturated carbocycles. The van der Waals surface area contributed by atoms with Gasteiger partial charge in [0.2, 0.25) is 0 Å². The van der Waals surface area contributed by atoms with Crippen molar-refractivity contribution in [2.45, 2.75) is 19.9 Å². The fourth-order valence-corrected chi connectivity index (χ4v) is 5.65. The van der Waals surface area contributed by atoms with Crippen LogP contribution in [0, 0.1) is 13.8 Å². The Morgan fingerprint density at radius 2 is 1.74 bits per heavy atom. The number of amides is 1. The molecule has 176 valence electrons. The van der Waals surface area contributed by atoms with E-state index in [0.29, 0.717) is 27.0 Å². The summed E-state index contributed by atoms with van der Waals surface area (Å²) in [6.07, 6.45) is 0. The lowest BCUT2D eigenvalue weighted by molar-refractivity contribution is -0.132. The van der Waals surface area contributed by atoms with E-state index in [4.69, 9.17) is 21.3 Å². The summed E-state index contributed by atoms with van der Waals surface area (Å²) < 4.78 is 6.11. The highest BCUT2D eigenvalue weighted by atomic mass is 35.5. The highest BCUT2D eigenvalue weighted by Crippen LogP contribution is 2.45. The molecule has 0 bridgehead atoms. The average Bonchev–Trinajstić information content (AvgIpc) is 3.38. The van der Waals surface area contributed by atoms with Crippen LogP contribution in [0.3, 0.4) is 0 Å². The number of aryl methyl sites for hydroxylation is 2. The van der Waals surface area contributed by atoms with Gasteiger partial charge in [-0.3, -0.25) is 14.5 Å². The normalized spacial score (nSPS) is 17.4. The van der Waals surface area contributed by atoms with E-state index in [1.807, 2.05) is 26.0 Å². The van der Waals surface area contributed by atoms with Gasteiger partial charge in [-0.15, -0.1) is 0 Å². The number of ketones is 1. The van der Waals surface area contributed by atoms with E-state index in [1.54, 1.807) is 55.6 Å². The Hall–Kier alpha value is -3.68. The zero-order valence-corrected chi connectivity index (χ0v) is 20.8. The Labute approximate surface area is 211 Å². The first-order valence-electron chi connectivity index (χ1n) is 10.9. The largest absolute Gasteiger partial charge is 0.507 e. The summed E-state index contributed by atoms with van der Waals surface area (Å²) in [7, 11) is 1.54. The van der Waals surface area contributed by atoms with Gasteiger partial charge in [-0.05, 0) is 73.0 Å². The molecule has 5 rings (SSSR count). The highest BCUT2D eigenvalue weighted by Gasteiger charge is 2.48. The number of Topliss-reactive ketones (excluding diaryl/α,β-unsaturated/α-hetero) is 1. The minimum Gasteiger partial charge on any atom is -0.507 e.